The minimum absolute atomic E-state index is 0.134. The average Bonchev–Trinajstić information content (AvgIpc) is 3.08. The minimum Gasteiger partial charge on any atom is -0.488 e. The quantitative estimate of drug-likeness (QED) is 0.0572. The fourth-order valence-electron chi connectivity index (χ4n) is 5.84. The van der Waals surface area contributed by atoms with Crippen LogP contribution in [-0.4, -0.2) is 43.5 Å². The van der Waals surface area contributed by atoms with Gasteiger partial charge in [0.15, 0.2) is 17.4 Å². The van der Waals surface area contributed by atoms with E-state index < -0.39 is 17.6 Å². The maximum atomic E-state index is 14.8. The summed E-state index contributed by atoms with van der Waals surface area (Å²) in [5.74, 6) is -1.59. The summed E-state index contributed by atoms with van der Waals surface area (Å²) in [7, 11) is 0. The first-order valence-corrected chi connectivity index (χ1v) is 18.5. The molecule has 49 heavy (non-hydrogen) atoms. The molecule has 2 aromatic rings. The Morgan fingerprint density at radius 1 is 0.755 bits per heavy atom. The van der Waals surface area contributed by atoms with Crippen LogP contribution in [-0.2, 0) is 19.1 Å². The van der Waals surface area contributed by atoms with E-state index in [4.69, 9.17) is 14.2 Å². The summed E-state index contributed by atoms with van der Waals surface area (Å²) in [5, 5.41) is 9.29. The molecule has 0 radical (unpaired) electrons. The van der Waals surface area contributed by atoms with Gasteiger partial charge in [-0.15, -0.1) is 0 Å². The summed E-state index contributed by atoms with van der Waals surface area (Å²) in [5.41, 5.74) is 2.75. The second-order valence-electron chi connectivity index (χ2n) is 13.3. The number of esters is 2. The van der Waals surface area contributed by atoms with Crippen LogP contribution in [0.15, 0.2) is 48.6 Å². The molecule has 2 atom stereocenters. The van der Waals surface area contributed by atoms with Gasteiger partial charge in [0.1, 0.15) is 0 Å². The summed E-state index contributed by atoms with van der Waals surface area (Å²) >= 11 is 0. The molecular formula is C41H60F2O6. The first kappa shape index (κ1) is 41.9. The van der Waals surface area contributed by atoms with E-state index in [0.717, 1.165) is 76.2 Å². The smallest absolute Gasteiger partial charge is 0.333 e. The van der Waals surface area contributed by atoms with Gasteiger partial charge in [0.05, 0.1) is 19.8 Å². The summed E-state index contributed by atoms with van der Waals surface area (Å²) in [6.45, 7) is 10.7. The SMILES string of the molecule is C=C(C)C(=O)OCCCCCCOc1c(F)cc(-c2ccc(C(C)CCCCCCOC(=O)CCC(CCO)CCCCC)cc2)cc1F. The fourth-order valence-corrected chi connectivity index (χ4v) is 5.84. The Hall–Kier alpha value is -3.26. The van der Waals surface area contributed by atoms with Crippen molar-refractivity contribution in [2.45, 2.75) is 129 Å². The van der Waals surface area contributed by atoms with E-state index in [1.807, 2.05) is 24.3 Å². The molecule has 274 valence electrons. The van der Waals surface area contributed by atoms with E-state index in [1.165, 1.54) is 30.5 Å². The van der Waals surface area contributed by atoms with Crippen LogP contribution in [0.1, 0.15) is 135 Å². The Morgan fingerprint density at radius 3 is 1.96 bits per heavy atom. The number of aliphatic hydroxyl groups excluding tert-OH is 1. The zero-order valence-electron chi connectivity index (χ0n) is 30.2. The highest BCUT2D eigenvalue weighted by Crippen LogP contribution is 2.31. The van der Waals surface area contributed by atoms with Crippen molar-refractivity contribution in [1.29, 1.82) is 0 Å². The molecule has 8 heteroatoms. The number of aliphatic hydroxyl groups is 1. The van der Waals surface area contributed by atoms with Crippen molar-refractivity contribution >= 4 is 11.9 Å². The van der Waals surface area contributed by atoms with Crippen LogP contribution in [0.3, 0.4) is 0 Å². The van der Waals surface area contributed by atoms with Crippen molar-refractivity contribution in [3.63, 3.8) is 0 Å². The van der Waals surface area contributed by atoms with Gasteiger partial charge >= 0.3 is 11.9 Å². The number of benzene rings is 2. The molecule has 2 aromatic carbocycles. The minimum atomic E-state index is -0.724. The lowest BCUT2D eigenvalue weighted by molar-refractivity contribution is -0.144. The molecule has 0 bridgehead atoms. The molecule has 0 aliphatic heterocycles. The first-order valence-electron chi connectivity index (χ1n) is 18.5. The van der Waals surface area contributed by atoms with Crippen LogP contribution in [0.4, 0.5) is 8.78 Å². The van der Waals surface area contributed by atoms with Crippen molar-refractivity contribution in [2.75, 3.05) is 26.4 Å². The third-order valence-electron chi connectivity index (χ3n) is 8.98. The molecule has 0 aromatic heterocycles. The monoisotopic (exact) mass is 686 g/mol. The number of carbonyl (C=O) groups excluding carboxylic acids is 2. The first-order chi connectivity index (χ1) is 23.7. The Morgan fingerprint density at radius 2 is 1.35 bits per heavy atom. The normalized spacial score (nSPS) is 12.4. The van der Waals surface area contributed by atoms with Gasteiger partial charge in [-0.1, -0.05) is 89.6 Å². The van der Waals surface area contributed by atoms with Gasteiger partial charge in [-0.05, 0) is 98.9 Å². The van der Waals surface area contributed by atoms with Crippen molar-refractivity contribution in [3.05, 3.63) is 65.7 Å². The topological polar surface area (TPSA) is 82.1 Å². The van der Waals surface area contributed by atoms with Gasteiger partial charge in [-0.2, -0.15) is 0 Å². The summed E-state index contributed by atoms with van der Waals surface area (Å²) in [6.07, 6.45) is 14.5. The Kier molecular flexibility index (Phi) is 21.2. The average molecular weight is 687 g/mol. The molecule has 0 aliphatic rings. The highest BCUT2D eigenvalue weighted by Gasteiger charge is 2.15. The molecule has 2 rings (SSSR count). The zero-order chi connectivity index (χ0) is 35.9. The molecule has 0 spiro atoms. The van der Waals surface area contributed by atoms with Crippen LogP contribution in [0.5, 0.6) is 5.75 Å². The Labute approximate surface area is 293 Å². The van der Waals surface area contributed by atoms with Crippen molar-refractivity contribution in [2.24, 2.45) is 5.92 Å². The van der Waals surface area contributed by atoms with Gasteiger partial charge in [0.25, 0.3) is 0 Å². The van der Waals surface area contributed by atoms with Crippen LogP contribution in [0.2, 0.25) is 0 Å². The van der Waals surface area contributed by atoms with E-state index in [9.17, 15) is 23.5 Å². The third kappa shape index (κ3) is 17.3. The largest absolute Gasteiger partial charge is 0.488 e. The van der Waals surface area contributed by atoms with Gasteiger partial charge in [-0.25, -0.2) is 13.6 Å². The Balaban J connectivity index is 1.65. The zero-order valence-corrected chi connectivity index (χ0v) is 30.2. The van der Waals surface area contributed by atoms with Gasteiger partial charge < -0.3 is 19.3 Å². The Bertz CT molecular complexity index is 1220. The molecule has 0 heterocycles. The molecule has 0 saturated carbocycles. The predicted octanol–water partition coefficient (Wildman–Crippen LogP) is 10.6. The van der Waals surface area contributed by atoms with E-state index in [2.05, 4.69) is 20.4 Å². The molecule has 0 amide bonds. The fraction of sp³-hybridized carbons (Fsp3) is 0.610. The standard InChI is InChI=1S/C41H60F2O6/c1-5-6-11-17-33(24-25-44)18-23-39(45)47-26-13-8-7-12-16-32(4)34-19-21-35(22-20-34)36-29-37(42)40(38(43)30-36)48-27-14-9-10-15-28-49-41(46)31(2)3/h19-22,29-30,32-33,44H,2,5-18,23-28H2,1,3-4H3. The van der Waals surface area contributed by atoms with E-state index in [-0.39, 0.29) is 24.9 Å². The van der Waals surface area contributed by atoms with E-state index in [0.29, 0.717) is 55.4 Å². The van der Waals surface area contributed by atoms with Gasteiger partial charge in [0.2, 0.25) is 0 Å². The summed E-state index contributed by atoms with van der Waals surface area (Å²) in [6, 6.07) is 10.5. The summed E-state index contributed by atoms with van der Waals surface area (Å²) < 4.78 is 45.5. The van der Waals surface area contributed by atoms with Crippen LogP contribution in [0.25, 0.3) is 11.1 Å². The number of hydrogen-bond acceptors (Lipinski definition) is 6. The number of ether oxygens (including phenoxy) is 3. The number of unbranched alkanes of at least 4 members (excludes halogenated alkanes) is 8. The van der Waals surface area contributed by atoms with Gasteiger partial charge in [0, 0.05) is 18.6 Å². The number of rotatable bonds is 27. The molecule has 0 saturated heterocycles. The maximum Gasteiger partial charge on any atom is 0.333 e. The molecule has 0 aliphatic carbocycles. The highest BCUT2D eigenvalue weighted by atomic mass is 19.1. The maximum absolute atomic E-state index is 14.8. The van der Waals surface area contributed by atoms with Crippen molar-refractivity contribution in [1.82, 2.24) is 0 Å². The molecule has 0 fully saturated rings. The molecule has 1 N–H and O–H groups in total. The van der Waals surface area contributed by atoms with E-state index in [1.54, 1.807) is 6.92 Å². The van der Waals surface area contributed by atoms with Crippen molar-refractivity contribution in [3.8, 4) is 16.9 Å². The highest BCUT2D eigenvalue weighted by molar-refractivity contribution is 5.86. The molecule has 6 nitrogen and oxygen atoms in total. The lowest BCUT2D eigenvalue weighted by atomic mass is 9.93. The lowest BCUT2D eigenvalue weighted by Gasteiger charge is -2.15. The third-order valence-corrected chi connectivity index (χ3v) is 8.98. The molecular weight excluding hydrogens is 626 g/mol. The van der Waals surface area contributed by atoms with Gasteiger partial charge in [-0.3, -0.25) is 4.79 Å². The number of carbonyl (C=O) groups is 2. The van der Waals surface area contributed by atoms with Crippen LogP contribution >= 0.6 is 0 Å². The van der Waals surface area contributed by atoms with Crippen LogP contribution in [0, 0.1) is 17.6 Å². The lowest BCUT2D eigenvalue weighted by Crippen LogP contribution is -2.10. The van der Waals surface area contributed by atoms with Crippen molar-refractivity contribution < 1.29 is 37.7 Å². The van der Waals surface area contributed by atoms with E-state index >= 15 is 0 Å². The summed E-state index contributed by atoms with van der Waals surface area (Å²) in [4.78, 5) is 23.5. The number of halogens is 2. The second-order valence-corrected chi connectivity index (χ2v) is 13.3. The number of hydrogen-bond donors (Lipinski definition) is 1. The van der Waals surface area contributed by atoms with Crippen LogP contribution < -0.4 is 4.74 Å². The predicted molar refractivity (Wildman–Crippen MR) is 193 cm³/mol. The second kappa shape index (κ2) is 24.8. The molecule has 2 unspecified atom stereocenters.